The van der Waals surface area contributed by atoms with Gasteiger partial charge in [0.05, 0.1) is 5.56 Å². The van der Waals surface area contributed by atoms with Gasteiger partial charge in [-0.15, -0.1) is 0 Å². The van der Waals surface area contributed by atoms with Gasteiger partial charge in [-0.25, -0.2) is 8.78 Å². The summed E-state index contributed by atoms with van der Waals surface area (Å²) in [4.78, 5) is 10.3. The zero-order chi connectivity index (χ0) is 13.9. The lowest BCUT2D eigenvalue weighted by molar-refractivity contribution is -0.138. The van der Waals surface area contributed by atoms with Crippen LogP contribution < -0.4 is 0 Å². The summed E-state index contributed by atoms with van der Waals surface area (Å²) < 4.78 is 62.2. The van der Waals surface area contributed by atoms with Crippen molar-refractivity contribution < 1.29 is 31.9 Å². The molecule has 0 bridgehead atoms. The number of rotatable bonds is 4. The minimum absolute atomic E-state index is 0.0830. The van der Waals surface area contributed by atoms with Gasteiger partial charge >= 0.3 is 12.1 Å². The lowest BCUT2D eigenvalue weighted by Gasteiger charge is -2.12. The SMILES string of the molecule is O=C(O)CCc1ccc(C(F)(F)F)cc1C(F)F. The van der Waals surface area contributed by atoms with E-state index in [2.05, 4.69) is 0 Å². The second-order valence-electron chi connectivity index (χ2n) is 3.61. The molecule has 0 heterocycles. The minimum Gasteiger partial charge on any atom is -0.481 e. The average molecular weight is 268 g/mol. The summed E-state index contributed by atoms with van der Waals surface area (Å²) in [6.07, 6.45) is -8.41. The van der Waals surface area contributed by atoms with Crippen molar-refractivity contribution in [1.82, 2.24) is 0 Å². The number of hydrogen-bond acceptors (Lipinski definition) is 1. The van der Waals surface area contributed by atoms with E-state index < -0.39 is 36.1 Å². The molecule has 0 fully saturated rings. The Morgan fingerprint density at radius 3 is 2.33 bits per heavy atom. The smallest absolute Gasteiger partial charge is 0.416 e. The molecule has 0 aliphatic carbocycles. The fourth-order valence-electron chi connectivity index (χ4n) is 1.44. The van der Waals surface area contributed by atoms with E-state index in [-0.39, 0.29) is 12.0 Å². The average Bonchev–Trinajstić information content (AvgIpc) is 2.24. The molecule has 100 valence electrons. The van der Waals surface area contributed by atoms with Crippen molar-refractivity contribution in [2.24, 2.45) is 0 Å². The first-order valence-corrected chi connectivity index (χ1v) is 4.91. The predicted octanol–water partition coefficient (Wildman–Crippen LogP) is 3.66. The van der Waals surface area contributed by atoms with Crippen LogP contribution in [0.1, 0.15) is 29.5 Å². The van der Waals surface area contributed by atoms with E-state index in [1.54, 1.807) is 0 Å². The van der Waals surface area contributed by atoms with E-state index >= 15 is 0 Å². The number of carboxylic acids is 1. The van der Waals surface area contributed by atoms with E-state index in [0.717, 1.165) is 6.07 Å². The Bertz CT molecular complexity index is 440. The number of aliphatic carboxylic acids is 1. The van der Waals surface area contributed by atoms with E-state index in [1.807, 2.05) is 0 Å². The van der Waals surface area contributed by atoms with Crippen LogP contribution in [-0.4, -0.2) is 11.1 Å². The Balaban J connectivity index is 3.09. The summed E-state index contributed by atoms with van der Waals surface area (Å²) in [6, 6.07) is 1.93. The summed E-state index contributed by atoms with van der Waals surface area (Å²) in [5, 5.41) is 8.42. The van der Waals surface area contributed by atoms with Crippen LogP contribution in [0, 0.1) is 0 Å². The Hall–Kier alpha value is -1.66. The summed E-state index contributed by atoms with van der Waals surface area (Å²) in [6.45, 7) is 0. The van der Waals surface area contributed by atoms with Gasteiger partial charge in [0.2, 0.25) is 0 Å². The molecule has 2 nitrogen and oxygen atoms in total. The highest BCUT2D eigenvalue weighted by molar-refractivity contribution is 5.67. The van der Waals surface area contributed by atoms with Gasteiger partial charge in [-0.1, -0.05) is 6.07 Å². The first-order valence-electron chi connectivity index (χ1n) is 4.91. The van der Waals surface area contributed by atoms with Crippen molar-refractivity contribution in [1.29, 1.82) is 0 Å². The molecule has 1 N–H and O–H groups in total. The van der Waals surface area contributed by atoms with Gasteiger partial charge in [0.15, 0.2) is 0 Å². The van der Waals surface area contributed by atoms with Crippen LogP contribution in [0.2, 0.25) is 0 Å². The van der Waals surface area contributed by atoms with Gasteiger partial charge in [0, 0.05) is 12.0 Å². The lowest BCUT2D eigenvalue weighted by atomic mass is 10.00. The molecule has 0 aliphatic heterocycles. The molecule has 0 aromatic heterocycles. The molecule has 0 aliphatic rings. The molecule has 1 aromatic carbocycles. The molecule has 0 saturated carbocycles. The Kier molecular flexibility index (Phi) is 4.26. The van der Waals surface area contributed by atoms with Crippen molar-refractivity contribution in [3.63, 3.8) is 0 Å². The fraction of sp³-hybridized carbons (Fsp3) is 0.364. The third-order valence-electron chi connectivity index (χ3n) is 2.32. The molecule has 18 heavy (non-hydrogen) atoms. The van der Waals surface area contributed by atoms with Crippen LogP contribution in [0.4, 0.5) is 22.0 Å². The maximum absolute atomic E-state index is 12.6. The quantitative estimate of drug-likeness (QED) is 0.846. The molecular formula is C11H9F5O2. The third-order valence-corrected chi connectivity index (χ3v) is 2.32. The number of carboxylic acid groups (broad SMARTS) is 1. The predicted molar refractivity (Wildman–Crippen MR) is 52.4 cm³/mol. The molecular weight excluding hydrogens is 259 g/mol. The van der Waals surface area contributed by atoms with E-state index in [4.69, 9.17) is 5.11 Å². The van der Waals surface area contributed by atoms with Gasteiger partial charge in [-0.2, -0.15) is 13.2 Å². The fourth-order valence-corrected chi connectivity index (χ4v) is 1.44. The van der Waals surface area contributed by atoms with Crippen LogP contribution in [0.25, 0.3) is 0 Å². The largest absolute Gasteiger partial charge is 0.481 e. The van der Waals surface area contributed by atoms with Crippen LogP contribution >= 0.6 is 0 Å². The van der Waals surface area contributed by atoms with Crippen LogP contribution in [0.15, 0.2) is 18.2 Å². The molecule has 0 unspecified atom stereocenters. The topological polar surface area (TPSA) is 37.3 Å². The number of halogens is 5. The Labute approximate surface area is 99.0 Å². The minimum atomic E-state index is -4.70. The first-order chi connectivity index (χ1) is 8.21. The highest BCUT2D eigenvalue weighted by Crippen LogP contribution is 2.33. The molecule has 0 atom stereocenters. The highest BCUT2D eigenvalue weighted by atomic mass is 19.4. The maximum Gasteiger partial charge on any atom is 0.416 e. The van der Waals surface area contributed by atoms with Crippen molar-refractivity contribution in [2.45, 2.75) is 25.4 Å². The van der Waals surface area contributed by atoms with Gasteiger partial charge in [-0.05, 0) is 24.1 Å². The standard InChI is InChI=1S/C11H9F5O2/c12-10(13)8-5-7(11(14,15)16)3-1-6(8)2-4-9(17)18/h1,3,5,10H,2,4H2,(H,17,18). The first kappa shape index (κ1) is 14.4. The summed E-state index contributed by atoms with van der Waals surface area (Å²) in [5.74, 6) is -1.20. The zero-order valence-corrected chi connectivity index (χ0v) is 8.97. The van der Waals surface area contributed by atoms with E-state index in [1.165, 1.54) is 0 Å². The number of hydrogen-bond donors (Lipinski definition) is 1. The summed E-state index contributed by atoms with van der Waals surface area (Å²) in [7, 11) is 0. The van der Waals surface area contributed by atoms with E-state index in [0.29, 0.717) is 12.1 Å². The van der Waals surface area contributed by atoms with Gasteiger partial charge in [-0.3, -0.25) is 4.79 Å². The number of alkyl halides is 5. The lowest BCUT2D eigenvalue weighted by Crippen LogP contribution is -2.08. The number of aryl methyl sites for hydroxylation is 1. The van der Waals surface area contributed by atoms with Crippen LogP contribution in [0.5, 0.6) is 0 Å². The molecule has 0 amide bonds. The van der Waals surface area contributed by atoms with Crippen molar-refractivity contribution in [2.75, 3.05) is 0 Å². The van der Waals surface area contributed by atoms with Crippen LogP contribution in [-0.2, 0) is 17.4 Å². The monoisotopic (exact) mass is 268 g/mol. The normalized spacial score (nSPS) is 11.9. The molecule has 1 aromatic rings. The van der Waals surface area contributed by atoms with Crippen molar-refractivity contribution in [3.8, 4) is 0 Å². The second-order valence-corrected chi connectivity index (χ2v) is 3.61. The molecule has 0 saturated heterocycles. The highest BCUT2D eigenvalue weighted by Gasteiger charge is 2.31. The van der Waals surface area contributed by atoms with Crippen molar-refractivity contribution in [3.05, 3.63) is 34.9 Å². The van der Waals surface area contributed by atoms with Gasteiger partial charge in [0.1, 0.15) is 0 Å². The second kappa shape index (κ2) is 5.32. The molecule has 0 radical (unpaired) electrons. The van der Waals surface area contributed by atoms with Crippen LogP contribution in [0.3, 0.4) is 0 Å². The molecule has 0 spiro atoms. The molecule has 1 rings (SSSR count). The molecule has 7 heteroatoms. The summed E-state index contributed by atoms with van der Waals surface area (Å²) >= 11 is 0. The Morgan fingerprint density at radius 2 is 1.89 bits per heavy atom. The zero-order valence-electron chi connectivity index (χ0n) is 8.97. The number of carbonyl (C=O) groups is 1. The van der Waals surface area contributed by atoms with E-state index in [9.17, 15) is 26.7 Å². The Morgan fingerprint density at radius 1 is 1.28 bits per heavy atom. The van der Waals surface area contributed by atoms with Crippen molar-refractivity contribution >= 4 is 5.97 Å². The maximum atomic E-state index is 12.6. The van der Waals surface area contributed by atoms with Gasteiger partial charge < -0.3 is 5.11 Å². The number of benzene rings is 1. The summed E-state index contributed by atoms with van der Waals surface area (Å²) in [5.41, 5.74) is -2.02. The third kappa shape index (κ3) is 3.68. The van der Waals surface area contributed by atoms with Gasteiger partial charge in [0.25, 0.3) is 6.43 Å².